The summed E-state index contributed by atoms with van der Waals surface area (Å²) in [6, 6.07) is 6.24. The summed E-state index contributed by atoms with van der Waals surface area (Å²) in [5.74, 6) is 0.722. The Hall–Kier alpha value is -1.15. The summed E-state index contributed by atoms with van der Waals surface area (Å²) in [6.45, 7) is 6.17. The average Bonchev–Trinajstić information content (AvgIpc) is 2.62. The summed E-state index contributed by atoms with van der Waals surface area (Å²) in [6.07, 6.45) is 2.25. The topological polar surface area (TPSA) is 60.9 Å². The van der Waals surface area contributed by atoms with Crippen molar-refractivity contribution >= 4 is 27.5 Å². The Morgan fingerprint density at radius 1 is 1.12 bits per heavy atom. The number of carbonyl (C=O) groups excluding carboxylic acids is 1. The van der Waals surface area contributed by atoms with Gasteiger partial charge in [-0.2, -0.15) is 4.31 Å². The van der Waals surface area contributed by atoms with Crippen LogP contribution in [-0.2, 0) is 14.8 Å². The normalized spacial score (nSPS) is 23.2. The molecule has 1 aromatic carbocycles. The Labute approximate surface area is 160 Å². The first-order chi connectivity index (χ1) is 12.4. The van der Waals surface area contributed by atoms with E-state index >= 15 is 0 Å². The monoisotopic (exact) mass is 399 g/mol. The van der Waals surface area contributed by atoms with Crippen LogP contribution in [0.3, 0.4) is 0 Å². The van der Waals surface area contributed by atoms with Crippen molar-refractivity contribution in [3.63, 3.8) is 0 Å². The van der Waals surface area contributed by atoms with Crippen molar-refractivity contribution in [2.45, 2.75) is 24.7 Å². The van der Waals surface area contributed by atoms with Gasteiger partial charge in [-0.3, -0.25) is 9.69 Å². The van der Waals surface area contributed by atoms with E-state index in [2.05, 4.69) is 11.8 Å². The second-order valence-electron chi connectivity index (χ2n) is 7.22. The summed E-state index contributed by atoms with van der Waals surface area (Å²) >= 11 is 5.84. The van der Waals surface area contributed by atoms with Gasteiger partial charge >= 0.3 is 0 Å². The zero-order valence-corrected chi connectivity index (χ0v) is 16.7. The maximum atomic E-state index is 12.7. The number of sulfonamides is 1. The standard InChI is InChI=1S/C18H26ClN3O3S/c1-15-3-2-8-21(13-15)18(23)14-20-9-11-22(12-10-20)26(24,25)17-6-4-16(19)5-7-17/h4-7,15H,2-3,8-14H2,1H3/t15-/m1/s1. The van der Waals surface area contributed by atoms with Gasteiger partial charge in [-0.05, 0) is 43.0 Å². The second kappa shape index (κ2) is 8.25. The summed E-state index contributed by atoms with van der Waals surface area (Å²) in [5.41, 5.74) is 0. The maximum Gasteiger partial charge on any atom is 0.243 e. The molecule has 1 amide bonds. The van der Waals surface area contributed by atoms with Crippen molar-refractivity contribution in [1.82, 2.24) is 14.1 Å². The highest BCUT2D eigenvalue weighted by Crippen LogP contribution is 2.20. The average molecular weight is 400 g/mol. The molecular formula is C18H26ClN3O3S. The van der Waals surface area contributed by atoms with Crippen molar-refractivity contribution in [3.8, 4) is 0 Å². The van der Waals surface area contributed by atoms with Crippen LogP contribution in [0.25, 0.3) is 0 Å². The number of rotatable bonds is 4. The highest BCUT2D eigenvalue weighted by atomic mass is 35.5. The van der Waals surface area contributed by atoms with Crippen LogP contribution in [-0.4, -0.2) is 74.2 Å². The molecule has 2 saturated heterocycles. The fraction of sp³-hybridized carbons (Fsp3) is 0.611. The van der Waals surface area contributed by atoms with Gasteiger partial charge in [0.15, 0.2) is 0 Å². The van der Waals surface area contributed by atoms with Crippen LogP contribution in [0.1, 0.15) is 19.8 Å². The minimum atomic E-state index is -3.51. The molecule has 2 aliphatic heterocycles. The van der Waals surface area contributed by atoms with Crippen molar-refractivity contribution in [2.75, 3.05) is 45.8 Å². The molecule has 2 aliphatic rings. The molecule has 1 aromatic rings. The Morgan fingerprint density at radius 3 is 2.38 bits per heavy atom. The van der Waals surface area contributed by atoms with Crippen LogP contribution >= 0.6 is 11.6 Å². The van der Waals surface area contributed by atoms with Gasteiger partial charge in [-0.15, -0.1) is 0 Å². The number of benzene rings is 1. The van der Waals surface area contributed by atoms with E-state index in [1.807, 2.05) is 4.90 Å². The number of amides is 1. The summed E-state index contributed by atoms with van der Waals surface area (Å²) in [5, 5.41) is 0.513. The van der Waals surface area contributed by atoms with Gasteiger partial charge in [-0.1, -0.05) is 18.5 Å². The molecular weight excluding hydrogens is 374 g/mol. The minimum Gasteiger partial charge on any atom is -0.341 e. The fourth-order valence-corrected chi connectivity index (χ4v) is 5.14. The van der Waals surface area contributed by atoms with E-state index in [1.54, 1.807) is 12.1 Å². The zero-order valence-electron chi connectivity index (χ0n) is 15.1. The van der Waals surface area contributed by atoms with E-state index < -0.39 is 10.0 Å². The number of piperazine rings is 1. The lowest BCUT2D eigenvalue weighted by molar-refractivity contribution is -0.134. The van der Waals surface area contributed by atoms with E-state index in [1.165, 1.54) is 22.9 Å². The molecule has 0 radical (unpaired) electrons. The van der Waals surface area contributed by atoms with Crippen molar-refractivity contribution in [1.29, 1.82) is 0 Å². The van der Waals surface area contributed by atoms with Crippen molar-refractivity contribution < 1.29 is 13.2 Å². The number of hydrogen-bond acceptors (Lipinski definition) is 4. The number of piperidine rings is 1. The highest BCUT2D eigenvalue weighted by Gasteiger charge is 2.30. The largest absolute Gasteiger partial charge is 0.341 e. The Morgan fingerprint density at radius 2 is 1.77 bits per heavy atom. The lowest BCUT2D eigenvalue weighted by atomic mass is 10.0. The number of nitrogens with zero attached hydrogens (tertiary/aromatic N) is 3. The van der Waals surface area contributed by atoms with E-state index in [9.17, 15) is 13.2 Å². The molecule has 0 spiro atoms. The molecule has 0 saturated carbocycles. The quantitative estimate of drug-likeness (QED) is 0.775. The van der Waals surface area contributed by atoms with Crippen LogP contribution in [0.2, 0.25) is 5.02 Å². The van der Waals surface area contributed by atoms with Gasteiger partial charge in [0.05, 0.1) is 11.4 Å². The molecule has 26 heavy (non-hydrogen) atoms. The molecule has 3 rings (SSSR count). The first kappa shape index (κ1) is 19.6. The molecule has 1 atom stereocenters. The molecule has 0 unspecified atom stereocenters. The molecule has 2 fully saturated rings. The summed E-state index contributed by atoms with van der Waals surface area (Å²) < 4.78 is 26.9. The van der Waals surface area contributed by atoms with Gasteiger partial charge < -0.3 is 4.90 Å². The summed E-state index contributed by atoms with van der Waals surface area (Å²) in [7, 11) is -3.51. The lowest BCUT2D eigenvalue weighted by Crippen LogP contribution is -2.52. The van der Waals surface area contributed by atoms with E-state index in [4.69, 9.17) is 11.6 Å². The Kier molecular flexibility index (Phi) is 6.22. The maximum absolute atomic E-state index is 12.7. The van der Waals surface area contributed by atoms with Crippen molar-refractivity contribution in [2.24, 2.45) is 5.92 Å². The van der Waals surface area contributed by atoms with E-state index in [-0.39, 0.29) is 10.8 Å². The number of hydrogen-bond donors (Lipinski definition) is 0. The van der Waals surface area contributed by atoms with Crippen LogP contribution < -0.4 is 0 Å². The third-order valence-corrected chi connectivity index (χ3v) is 7.32. The molecule has 6 nitrogen and oxygen atoms in total. The Balaban J connectivity index is 1.54. The lowest BCUT2D eigenvalue weighted by Gasteiger charge is -2.36. The predicted octanol–water partition coefficient (Wildman–Crippen LogP) is 1.90. The Bertz CT molecular complexity index is 731. The zero-order chi connectivity index (χ0) is 18.7. The first-order valence-corrected chi connectivity index (χ1v) is 10.9. The van der Waals surface area contributed by atoms with E-state index in [0.29, 0.717) is 43.7 Å². The number of halogens is 1. The molecule has 0 aromatic heterocycles. The number of carbonyl (C=O) groups is 1. The third-order valence-electron chi connectivity index (χ3n) is 5.15. The van der Waals surface area contributed by atoms with Crippen LogP contribution in [0.15, 0.2) is 29.2 Å². The van der Waals surface area contributed by atoms with Gasteiger partial charge in [-0.25, -0.2) is 8.42 Å². The van der Waals surface area contributed by atoms with Gasteiger partial charge in [0, 0.05) is 44.3 Å². The highest BCUT2D eigenvalue weighted by molar-refractivity contribution is 7.89. The molecule has 0 bridgehead atoms. The third kappa shape index (κ3) is 4.57. The van der Waals surface area contributed by atoms with Crippen LogP contribution in [0.4, 0.5) is 0 Å². The van der Waals surface area contributed by atoms with Crippen molar-refractivity contribution in [3.05, 3.63) is 29.3 Å². The SMILES string of the molecule is C[C@@H]1CCCN(C(=O)CN2CCN(S(=O)(=O)c3ccc(Cl)cc3)CC2)C1. The fourth-order valence-electron chi connectivity index (χ4n) is 3.59. The molecule has 144 valence electrons. The summed E-state index contributed by atoms with van der Waals surface area (Å²) in [4.78, 5) is 16.7. The molecule has 8 heteroatoms. The number of likely N-dealkylation sites (tertiary alicyclic amines) is 1. The van der Waals surface area contributed by atoms with Crippen LogP contribution in [0, 0.1) is 5.92 Å². The van der Waals surface area contributed by atoms with Gasteiger partial charge in [0.25, 0.3) is 0 Å². The van der Waals surface area contributed by atoms with Gasteiger partial charge in [0.1, 0.15) is 0 Å². The predicted molar refractivity (Wildman–Crippen MR) is 102 cm³/mol. The van der Waals surface area contributed by atoms with E-state index in [0.717, 1.165) is 19.5 Å². The molecule has 0 N–H and O–H groups in total. The molecule has 2 heterocycles. The van der Waals surface area contributed by atoms with Crippen LogP contribution in [0.5, 0.6) is 0 Å². The molecule has 0 aliphatic carbocycles. The van der Waals surface area contributed by atoms with Gasteiger partial charge in [0.2, 0.25) is 15.9 Å². The minimum absolute atomic E-state index is 0.158. The first-order valence-electron chi connectivity index (χ1n) is 9.12. The smallest absolute Gasteiger partial charge is 0.243 e. The second-order valence-corrected chi connectivity index (χ2v) is 9.60.